The molecule has 2 heterocycles. The van der Waals surface area contributed by atoms with Crippen molar-refractivity contribution in [2.24, 2.45) is 0 Å². The Labute approximate surface area is 119 Å². The highest BCUT2D eigenvalue weighted by Crippen LogP contribution is 2.20. The van der Waals surface area contributed by atoms with Gasteiger partial charge in [0.15, 0.2) is 0 Å². The van der Waals surface area contributed by atoms with Gasteiger partial charge in [-0.3, -0.25) is 0 Å². The Morgan fingerprint density at radius 3 is 2.37 bits per heavy atom. The second-order valence-electron chi connectivity index (χ2n) is 6.27. The zero-order valence-corrected chi connectivity index (χ0v) is 12.9. The van der Waals surface area contributed by atoms with Gasteiger partial charge < -0.3 is 15.1 Å². The Balaban J connectivity index is 1.54. The number of rotatable bonds is 7. The lowest BCUT2D eigenvalue weighted by molar-refractivity contribution is 0.0921. The minimum absolute atomic E-state index is 0.898. The molecule has 112 valence electrons. The van der Waals surface area contributed by atoms with Gasteiger partial charge in [0.2, 0.25) is 0 Å². The molecule has 0 saturated carbocycles. The lowest BCUT2D eigenvalue weighted by atomic mass is 10.00. The fraction of sp³-hybridized carbons (Fsp3) is 1.00. The Bertz CT molecular complexity index is 218. The summed E-state index contributed by atoms with van der Waals surface area (Å²) in [5, 5.41) is 3.50. The first-order valence-corrected chi connectivity index (χ1v) is 8.57. The van der Waals surface area contributed by atoms with Gasteiger partial charge in [0.05, 0.1) is 0 Å². The average molecular weight is 267 g/mol. The van der Waals surface area contributed by atoms with Crippen LogP contribution in [-0.2, 0) is 0 Å². The molecule has 3 nitrogen and oxygen atoms in total. The van der Waals surface area contributed by atoms with E-state index in [0.717, 1.165) is 6.04 Å². The number of nitrogens with zero attached hydrogens (tertiary/aromatic N) is 2. The lowest BCUT2D eigenvalue weighted by Gasteiger charge is -2.40. The Morgan fingerprint density at radius 1 is 0.947 bits per heavy atom. The molecule has 0 radical (unpaired) electrons. The van der Waals surface area contributed by atoms with Crippen molar-refractivity contribution >= 4 is 0 Å². The van der Waals surface area contributed by atoms with E-state index in [2.05, 4.69) is 22.0 Å². The van der Waals surface area contributed by atoms with Crippen molar-refractivity contribution in [3.05, 3.63) is 0 Å². The zero-order valence-electron chi connectivity index (χ0n) is 12.9. The van der Waals surface area contributed by atoms with E-state index in [9.17, 15) is 0 Å². The van der Waals surface area contributed by atoms with Crippen LogP contribution in [0, 0.1) is 0 Å². The smallest absolute Gasteiger partial charge is 0.0120 e. The van der Waals surface area contributed by atoms with E-state index in [-0.39, 0.29) is 0 Å². The van der Waals surface area contributed by atoms with Crippen LogP contribution in [0.2, 0.25) is 0 Å². The molecule has 0 aromatic rings. The van der Waals surface area contributed by atoms with Crippen molar-refractivity contribution in [2.45, 2.75) is 57.9 Å². The lowest BCUT2D eigenvalue weighted by Crippen LogP contribution is -2.47. The standard InChI is InChI=1S/C16H33N3/c1-2-9-17-10-6-11-18-14-7-16(8-15-18)19-12-4-3-5-13-19/h16-17H,2-15H2,1H3. The molecule has 19 heavy (non-hydrogen) atoms. The maximum absolute atomic E-state index is 3.50. The fourth-order valence-electron chi connectivity index (χ4n) is 3.52. The van der Waals surface area contributed by atoms with Crippen molar-refractivity contribution in [1.29, 1.82) is 0 Å². The van der Waals surface area contributed by atoms with E-state index < -0.39 is 0 Å². The summed E-state index contributed by atoms with van der Waals surface area (Å²) in [6.07, 6.45) is 9.70. The molecule has 0 unspecified atom stereocenters. The topological polar surface area (TPSA) is 18.5 Å². The highest BCUT2D eigenvalue weighted by molar-refractivity contribution is 4.81. The molecule has 2 saturated heterocycles. The normalized spacial score (nSPS) is 23.8. The predicted octanol–water partition coefficient (Wildman–Crippen LogP) is 2.33. The maximum Gasteiger partial charge on any atom is 0.0120 e. The molecule has 0 aromatic heterocycles. The van der Waals surface area contributed by atoms with Crippen molar-refractivity contribution in [1.82, 2.24) is 15.1 Å². The minimum atomic E-state index is 0.898. The number of nitrogens with one attached hydrogen (secondary N) is 1. The molecule has 3 heteroatoms. The van der Waals surface area contributed by atoms with Crippen LogP contribution < -0.4 is 5.32 Å². The van der Waals surface area contributed by atoms with Gasteiger partial charge in [-0.1, -0.05) is 13.3 Å². The number of hydrogen-bond donors (Lipinski definition) is 1. The van der Waals surface area contributed by atoms with Crippen LogP contribution in [0.3, 0.4) is 0 Å². The van der Waals surface area contributed by atoms with Crippen LogP contribution >= 0.6 is 0 Å². The molecule has 0 amide bonds. The fourth-order valence-corrected chi connectivity index (χ4v) is 3.52. The van der Waals surface area contributed by atoms with Gasteiger partial charge in [-0.2, -0.15) is 0 Å². The summed E-state index contributed by atoms with van der Waals surface area (Å²) in [6, 6.07) is 0.898. The van der Waals surface area contributed by atoms with Crippen LogP contribution in [-0.4, -0.2) is 61.7 Å². The van der Waals surface area contributed by atoms with Crippen LogP contribution in [0.4, 0.5) is 0 Å². The SMILES string of the molecule is CCCNCCCN1CCC(N2CCCCC2)CC1. The molecular formula is C16H33N3. The number of hydrogen-bond acceptors (Lipinski definition) is 3. The Hall–Kier alpha value is -0.120. The first-order valence-electron chi connectivity index (χ1n) is 8.57. The van der Waals surface area contributed by atoms with Crippen molar-refractivity contribution in [3.8, 4) is 0 Å². The molecule has 0 bridgehead atoms. The largest absolute Gasteiger partial charge is 0.317 e. The van der Waals surface area contributed by atoms with Gasteiger partial charge in [0.25, 0.3) is 0 Å². The average Bonchev–Trinajstić information content (AvgIpc) is 2.49. The third-order valence-electron chi connectivity index (χ3n) is 4.72. The molecule has 2 fully saturated rings. The zero-order chi connectivity index (χ0) is 13.3. The minimum Gasteiger partial charge on any atom is -0.317 e. The van der Waals surface area contributed by atoms with Crippen molar-refractivity contribution < 1.29 is 0 Å². The molecule has 1 N–H and O–H groups in total. The summed E-state index contributed by atoms with van der Waals surface area (Å²) in [7, 11) is 0. The summed E-state index contributed by atoms with van der Waals surface area (Å²) in [5.74, 6) is 0. The summed E-state index contributed by atoms with van der Waals surface area (Å²) >= 11 is 0. The number of piperidine rings is 2. The summed E-state index contributed by atoms with van der Waals surface area (Å²) in [6.45, 7) is 11.3. The molecule has 0 atom stereocenters. The third kappa shape index (κ3) is 5.41. The van der Waals surface area contributed by atoms with Crippen LogP contribution in [0.25, 0.3) is 0 Å². The van der Waals surface area contributed by atoms with E-state index in [1.807, 2.05) is 0 Å². The quantitative estimate of drug-likeness (QED) is 0.714. The Kier molecular flexibility index (Phi) is 7.18. The molecule has 0 aromatic carbocycles. The highest BCUT2D eigenvalue weighted by Gasteiger charge is 2.24. The molecule has 2 rings (SSSR count). The first-order chi connectivity index (χ1) is 9.40. The number of likely N-dealkylation sites (tertiary alicyclic amines) is 2. The van der Waals surface area contributed by atoms with E-state index in [1.165, 1.54) is 90.8 Å². The molecular weight excluding hydrogens is 234 g/mol. The molecule has 0 spiro atoms. The third-order valence-corrected chi connectivity index (χ3v) is 4.72. The van der Waals surface area contributed by atoms with Gasteiger partial charge >= 0.3 is 0 Å². The monoisotopic (exact) mass is 267 g/mol. The van der Waals surface area contributed by atoms with Crippen molar-refractivity contribution in [3.63, 3.8) is 0 Å². The van der Waals surface area contributed by atoms with E-state index in [1.54, 1.807) is 0 Å². The summed E-state index contributed by atoms with van der Waals surface area (Å²) < 4.78 is 0. The first kappa shape index (κ1) is 15.3. The van der Waals surface area contributed by atoms with E-state index in [4.69, 9.17) is 0 Å². The molecule has 2 aliphatic rings. The summed E-state index contributed by atoms with van der Waals surface area (Å²) in [5.41, 5.74) is 0. The van der Waals surface area contributed by atoms with Gasteiger partial charge in [0.1, 0.15) is 0 Å². The molecule has 2 aliphatic heterocycles. The van der Waals surface area contributed by atoms with Gasteiger partial charge in [-0.05, 0) is 84.3 Å². The van der Waals surface area contributed by atoms with Gasteiger partial charge in [-0.25, -0.2) is 0 Å². The van der Waals surface area contributed by atoms with Crippen LogP contribution in [0.15, 0.2) is 0 Å². The summed E-state index contributed by atoms with van der Waals surface area (Å²) in [4.78, 5) is 5.44. The Morgan fingerprint density at radius 2 is 1.68 bits per heavy atom. The highest BCUT2D eigenvalue weighted by atomic mass is 15.2. The van der Waals surface area contributed by atoms with Gasteiger partial charge in [0, 0.05) is 6.04 Å². The van der Waals surface area contributed by atoms with Crippen molar-refractivity contribution in [2.75, 3.05) is 45.8 Å². The van der Waals surface area contributed by atoms with Crippen LogP contribution in [0.5, 0.6) is 0 Å². The van der Waals surface area contributed by atoms with E-state index in [0.29, 0.717) is 0 Å². The second kappa shape index (κ2) is 8.93. The predicted molar refractivity (Wildman–Crippen MR) is 82.7 cm³/mol. The second-order valence-corrected chi connectivity index (χ2v) is 6.27. The van der Waals surface area contributed by atoms with Crippen LogP contribution in [0.1, 0.15) is 51.9 Å². The van der Waals surface area contributed by atoms with E-state index >= 15 is 0 Å². The van der Waals surface area contributed by atoms with Gasteiger partial charge in [-0.15, -0.1) is 0 Å². The maximum atomic E-state index is 3.50. The molecule has 0 aliphatic carbocycles.